The molecule has 1 atom stereocenters. The summed E-state index contributed by atoms with van der Waals surface area (Å²) in [5.74, 6) is 0.310. The third kappa shape index (κ3) is 2.44. The Kier molecular flexibility index (Phi) is 3.40. The van der Waals surface area contributed by atoms with Gasteiger partial charge >= 0.3 is 0 Å². The average Bonchev–Trinajstić information content (AvgIpc) is 3.14. The number of benzene rings is 2. The molecule has 1 aromatic heterocycles. The molecule has 3 heterocycles. The lowest BCUT2D eigenvalue weighted by Gasteiger charge is -2.33. The van der Waals surface area contributed by atoms with Crippen LogP contribution in [0.4, 0.5) is 11.4 Å². The summed E-state index contributed by atoms with van der Waals surface area (Å²) < 4.78 is 10.4. The molecular formula is C19H16N4O4. The predicted molar refractivity (Wildman–Crippen MR) is 96.9 cm³/mol. The van der Waals surface area contributed by atoms with Crippen LogP contribution in [0.25, 0.3) is 11.0 Å². The maximum Gasteiger partial charge on any atom is 0.265 e. The number of rotatable bonds is 2. The van der Waals surface area contributed by atoms with E-state index in [1.165, 1.54) is 0 Å². The molecule has 0 fully saturated rings. The van der Waals surface area contributed by atoms with E-state index in [1.54, 1.807) is 11.0 Å². The van der Waals surface area contributed by atoms with Crippen molar-refractivity contribution in [1.82, 2.24) is 10.3 Å². The van der Waals surface area contributed by atoms with Gasteiger partial charge in [0.1, 0.15) is 16.8 Å². The van der Waals surface area contributed by atoms with E-state index in [0.29, 0.717) is 35.4 Å². The van der Waals surface area contributed by atoms with Gasteiger partial charge in [-0.25, -0.2) is 4.63 Å². The van der Waals surface area contributed by atoms with Crippen molar-refractivity contribution < 1.29 is 19.0 Å². The second-order valence-electron chi connectivity index (χ2n) is 6.65. The van der Waals surface area contributed by atoms with Crippen LogP contribution in [0.1, 0.15) is 30.4 Å². The van der Waals surface area contributed by atoms with E-state index < -0.39 is 0 Å². The summed E-state index contributed by atoms with van der Waals surface area (Å²) in [6.07, 6.45) is 0.309. The SMILES string of the molecule is CCN1C(=O)COc2cc3c(cc21)[C@@H](c1ccc2nonc2c1)CC(=O)N3. The standard InChI is InChI=1S/C19H16N4O4/c1-2-23-16-6-12-11(10-3-4-13-15(5-10)22-27-21-13)7-18(24)20-14(12)8-17(16)26-9-19(23)25/h3-6,8,11H,2,7,9H2,1H3,(H,20,24)/t11-/m1/s1. The molecule has 27 heavy (non-hydrogen) atoms. The number of anilines is 2. The van der Waals surface area contributed by atoms with Gasteiger partial charge in [-0.1, -0.05) is 6.07 Å². The van der Waals surface area contributed by atoms with Gasteiger partial charge in [0, 0.05) is 30.6 Å². The molecule has 136 valence electrons. The van der Waals surface area contributed by atoms with Crippen molar-refractivity contribution in [2.24, 2.45) is 0 Å². The number of ether oxygens (including phenoxy) is 1. The molecular weight excluding hydrogens is 348 g/mol. The van der Waals surface area contributed by atoms with E-state index >= 15 is 0 Å². The maximum atomic E-state index is 12.3. The fraction of sp³-hybridized carbons (Fsp3) is 0.263. The lowest BCUT2D eigenvalue weighted by atomic mass is 9.84. The minimum absolute atomic E-state index is 0.00677. The van der Waals surface area contributed by atoms with Crippen molar-refractivity contribution in [2.75, 3.05) is 23.4 Å². The number of hydrogen-bond donors (Lipinski definition) is 1. The first-order chi connectivity index (χ1) is 13.1. The van der Waals surface area contributed by atoms with Crippen LogP contribution in [0.3, 0.4) is 0 Å². The molecule has 1 N–H and O–H groups in total. The summed E-state index contributed by atoms with van der Waals surface area (Å²) in [4.78, 5) is 26.2. The molecule has 8 heteroatoms. The highest BCUT2D eigenvalue weighted by atomic mass is 16.6. The quantitative estimate of drug-likeness (QED) is 0.750. The first kappa shape index (κ1) is 15.8. The van der Waals surface area contributed by atoms with E-state index in [-0.39, 0.29) is 24.3 Å². The van der Waals surface area contributed by atoms with Gasteiger partial charge in [-0.05, 0) is 46.6 Å². The monoisotopic (exact) mass is 364 g/mol. The van der Waals surface area contributed by atoms with Crippen LogP contribution in [-0.4, -0.2) is 35.3 Å². The van der Waals surface area contributed by atoms with Crippen molar-refractivity contribution in [3.63, 3.8) is 0 Å². The Labute approximate surface area is 154 Å². The van der Waals surface area contributed by atoms with Gasteiger partial charge in [-0.3, -0.25) is 9.59 Å². The van der Waals surface area contributed by atoms with Crippen LogP contribution < -0.4 is 15.0 Å². The molecule has 0 spiro atoms. The number of fused-ring (bicyclic) bond motifs is 3. The van der Waals surface area contributed by atoms with Crippen molar-refractivity contribution in [3.05, 3.63) is 41.5 Å². The normalized spacial score (nSPS) is 18.7. The van der Waals surface area contributed by atoms with Crippen LogP contribution in [0.15, 0.2) is 35.0 Å². The minimum Gasteiger partial charge on any atom is -0.481 e. The van der Waals surface area contributed by atoms with E-state index in [4.69, 9.17) is 9.37 Å². The number of carbonyl (C=O) groups excluding carboxylic acids is 2. The highest BCUT2D eigenvalue weighted by molar-refractivity contribution is 6.01. The fourth-order valence-electron chi connectivity index (χ4n) is 3.82. The Bertz CT molecular complexity index is 1090. The van der Waals surface area contributed by atoms with Crippen LogP contribution in [-0.2, 0) is 9.59 Å². The second-order valence-corrected chi connectivity index (χ2v) is 6.65. The fourth-order valence-corrected chi connectivity index (χ4v) is 3.82. The molecule has 0 aliphatic carbocycles. The Morgan fingerprint density at radius 3 is 2.89 bits per heavy atom. The Hall–Kier alpha value is -3.42. The molecule has 2 aromatic carbocycles. The lowest BCUT2D eigenvalue weighted by molar-refractivity contribution is -0.121. The summed E-state index contributed by atoms with van der Waals surface area (Å²) in [5.41, 5.74) is 4.64. The van der Waals surface area contributed by atoms with Crippen molar-refractivity contribution >= 4 is 34.2 Å². The first-order valence-electron chi connectivity index (χ1n) is 8.77. The molecule has 0 saturated heterocycles. The van der Waals surface area contributed by atoms with E-state index in [1.807, 2.05) is 31.2 Å². The molecule has 0 radical (unpaired) electrons. The largest absolute Gasteiger partial charge is 0.481 e. The topological polar surface area (TPSA) is 97.6 Å². The van der Waals surface area contributed by atoms with Crippen LogP contribution in [0.5, 0.6) is 5.75 Å². The van der Waals surface area contributed by atoms with E-state index in [9.17, 15) is 9.59 Å². The molecule has 0 unspecified atom stereocenters. The van der Waals surface area contributed by atoms with Crippen LogP contribution >= 0.6 is 0 Å². The smallest absolute Gasteiger partial charge is 0.265 e. The zero-order chi connectivity index (χ0) is 18.5. The van der Waals surface area contributed by atoms with E-state index in [2.05, 4.69) is 15.6 Å². The average molecular weight is 364 g/mol. The summed E-state index contributed by atoms with van der Waals surface area (Å²) in [6.45, 7) is 2.49. The molecule has 3 aromatic rings. The number of nitrogens with zero attached hydrogens (tertiary/aromatic N) is 3. The molecule has 2 aliphatic rings. The minimum atomic E-state index is -0.157. The highest BCUT2D eigenvalue weighted by Gasteiger charge is 2.32. The molecule has 2 amide bonds. The van der Waals surface area contributed by atoms with Gasteiger partial charge < -0.3 is 15.0 Å². The zero-order valence-electron chi connectivity index (χ0n) is 14.6. The summed E-state index contributed by atoms with van der Waals surface area (Å²) in [6, 6.07) is 9.40. The summed E-state index contributed by atoms with van der Waals surface area (Å²) >= 11 is 0. The first-order valence-corrected chi connectivity index (χ1v) is 8.77. The summed E-state index contributed by atoms with van der Waals surface area (Å²) in [5, 5.41) is 10.6. The Morgan fingerprint density at radius 2 is 2.04 bits per heavy atom. The highest BCUT2D eigenvalue weighted by Crippen LogP contribution is 2.44. The number of aromatic nitrogens is 2. The third-order valence-corrected chi connectivity index (χ3v) is 5.11. The van der Waals surface area contributed by atoms with Crippen LogP contribution in [0, 0.1) is 0 Å². The predicted octanol–water partition coefficient (Wildman–Crippen LogP) is 2.44. The third-order valence-electron chi connectivity index (χ3n) is 5.11. The number of likely N-dealkylation sites (N-methyl/N-ethyl adjacent to an activating group) is 1. The van der Waals surface area contributed by atoms with Crippen molar-refractivity contribution in [3.8, 4) is 5.75 Å². The molecule has 5 rings (SSSR count). The van der Waals surface area contributed by atoms with Crippen molar-refractivity contribution in [2.45, 2.75) is 19.3 Å². The molecule has 2 aliphatic heterocycles. The maximum absolute atomic E-state index is 12.3. The second kappa shape index (κ2) is 5.80. The molecule has 8 nitrogen and oxygen atoms in total. The molecule has 0 saturated carbocycles. The Morgan fingerprint density at radius 1 is 1.19 bits per heavy atom. The molecule has 0 bridgehead atoms. The van der Waals surface area contributed by atoms with Crippen LogP contribution in [0.2, 0.25) is 0 Å². The van der Waals surface area contributed by atoms with Gasteiger partial charge in [0.05, 0.1) is 5.69 Å². The zero-order valence-corrected chi connectivity index (χ0v) is 14.6. The van der Waals surface area contributed by atoms with Gasteiger partial charge in [0.2, 0.25) is 5.91 Å². The van der Waals surface area contributed by atoms with Gasteiger partial charge in [-0.15, -0.1) is 0 Å². The van der Waals surface area contributed by atoms with Crippen molar-refractivity contribution in [1.29, 1.82) is 0 Å². The summed E-state index contributed by atoms with van der Waals surface area (Å²) in [7, 11) is 0. The van der Waals surface area contributed by atoms with Gasteiger partial charge in [0.25, 0.3) is 5.91 Å². The Balaban J connectivity index is 1.66. The number of amides is 2. The lowest BCUT2D eigenvalue weighted by Crippen LogP contribution is -2.39. The van der Waals surface area contributed by atoms with Gasteiger partial charge in [-0.2, -0.15) is 0 Å². The number of hydrogen-bond acceptors (Lipinski definition) is 6. The number of nitrogens with one attached hydrogen (secondary N) is 1. The van der Waals surface area contributed by atoms with E-state index in [0.717, 1.165) is 16.8 Å². The van der Waals surface area contributed by atoms with Gasteiger partial charge in [0.15, 0.2) is 6.61 Å². The number of carbonyl (C=O) groups is 2.